The molecule has 0 unspecified atom stereocenters. The highest BCUT2D eigenvalue weighted by atomic mass is 16.5. The SMILES string of the molecule is CCn1nc(C)cc1C(=O)Nc1nc2cc(C(N)=O)cc(OC)c2n1C/C=C/Cn1c(NC(=O)c2cc(C)nn2CC)nc2cc(C(N)=O)cc(OC/C=C/CN3CCN(C)CC3=O)c21. The molecule has 0 bridgehead atoms. The number of aryl methyl sites for hydroxylation is 4. The van der Waals surface area contributed by atoms with Crippen LogP contribution in [0.4, 0.5) is 11.9 Å². The van der Waals surface area contributed by atoms with E-state index in [4.69, 9.17) is 30.9 Å². The van der Waals surface area contributed by atoms with E-state index in [0.717, 1.165) is 6.54 Å². The zero-order valence-corrected chi connectivity index (χ0v) is 37.1. The van der Waals surface area contributed by atoms with Crippen molar-refractivity contribution in [2.45, 2.75) is 53.9 Å². The van der Waals surface area contributed by atoms with Crippen LogP contribution in [0.1, 0.15) is 66.9 Å². The molecule has 21 nitrogen and oxygen atoms in total. The molecule has 2 aromatic carbocycles. The zero-order chi connectivity index (χ0) is 46.5. The summed E-state index contributed by atoms with van der Waals surface area (Å²) in [5.74, 6) is -1.36. The summed E-state index contributed by atoms with van der Waals surface area (Å²) in [4.78, 5) is 78.0. The Hall–Kier alpha value is -7.81. The van der Waals surface area contributed by atoms with E-state index in [1.165, 1.54) is 31.4 Å². The Morgan fingerprint density at radius 2 is 1.20 bits per heavy atom. The van der Waals surface area contributed by atoms with E-state index >= 15 is 0 Å². The molecule has 0 radical (unpaired) electrons. The summed E-state index contributed by atoms with van der Waals surface area (Å²) in [6.07, 6.45) is 7.29. The van der Waals surface area contributed by atoms with Gasteiger partial charge in [-0.15, -0.1) is 0 Å². The van der Waals surface area contributed by atoms with E-state index in [9.17, 15) is 24.0 Å². The van der Waals surface area contributed by atoms with Crippen LogP contribution in [-0.2, 0) is 31.0 Å². The third-order valence-electron chi connectivity index (χ3n) is 10.8. The van der Waals surface area contributed by atoms with Gasteiger partial charge in [0.15, 0.2) is 0 Å². The number of carbonyl (C=O) groups is 5. The van der Waals surface area contributed by atoms with Crippen molar-refractivity contribution in [2.75, 3.05) is 57.6 Å². The van der Waals surface area contributed by atoms with Crippen LogP contribution in [0.2, 0.25) is 0 Å². The lowest BCUT2D eigenvalue weighted by Gasteiger charge is -2.31. The highest BCUT2D eigenvalue weighted by Gasteiger charge is 2.24. The normalized spacial score (nSPS) is 13.4. The smallest absolute Gasteiger partial charge is 0.276 e. The molecule has 5 amide bonds. The van der Waals surface area contributed by atoms with Gasteiger partial charge in [-0.25, -0.2) is 9.97 Å². The second-order valence-corrected chi connectivity index (χ2v) is 15.4. The number of rotatable bonds is 18. The maximum atomic E-state index is 13.8. The molecule has 340 valence electrons. The number of hydrogen-bond acceptors (Lipinski definition) is 12. The van der Waals surface area contributed by atoms with Gasteiger partial charge in [0.25, 0.3) is 11.8 Å². The number of primary amides is 2. The molecule has 1 fully saturated rings. The van der Waals surface area contributed by atoms with Crippen molar-refractivity contribution in [3.05, 3.63) is 94.6 Å². The second kappa shape index (κ2) is 19.3. The molecule has 4 aromatic heterocycles. The number of allylic oxidation sites excluding steroid dienone is 2. The van der Waals surface area contributed by atoms with Gasteiger partial charge in [-0.1, -0.05) is 18.2 Å². The highest BCUT2D eigenvalue weighted by Crippen LogP contribution is 2.33. The molecule has 0 saturated carbocycles. The number of methoxy groups -OCH3 is 1. The van der Waals surface area contributed by atoms with E-state index < -0.39 is 23.6 Å². The number of amides is 5. The van der Waals surface area contributed by atoms with Gasteiger partial charge in [0.1, 0.15) is 40.5 Å². The van der Waals surface area contributed by atoms with Gasteiger partial charge in [-0.05, 0) is 77.2 Å². The van der Waals surface area contributed by atoms with Crippen LogP contribution in [0.15, 0.2) is 60.7 Å². The summed E-state index contributed by atoms with van der Waals surface area (Å²) in [5.41, 5.74) is 15.3. The first kappa shape index (κ1) is 45.2. The number of nitrogens with one attached hydrogen (secondary N) is 2. The summed E-state index contributed by atoms with van der Waals surface area (Å²) in [6.45, 7) is 10.8. The number of carbonyl (C=O) groups excluding carboxylic acids is 5. The topological polar surface area (TPSA) is 258 Å². The Bertz CT molecular complexity index is 2880. The number of nitrogens with two attached hydrogens (primary N) is 2. The molecule has 5 heterocycles. The molecule has 7 rings (SSSR count). The van der Waals surface area contributed by atoms with Crippen LogP contribution in [0.3, 0.4) is 0 Å². The number of imidazole rings is 2. The monoisotopic (exact) mass is 888 g/mol. The van der Waals surface area contributed by atoms with Crippen molar-refractivity contribution in [3.8, 4) is 11.5 Å². The number of fused-ring (bicyclic) bond motifs is 2. The molecular weight excluding hydrogens is 837 g/mol. The van der Waals surface area contributed by atoms with E-state index in [1.54, 1.807) is 55.5 Å². The maximum Gasteiger partial charge on any atom is 0.276 e. The molecule has 1 aliphatic rings. The van der Waals surface area contributed by atoms with Gasteiger partial charge < -0.3 is 35.0 Å². The van der Waals surface area contributed by atoms with Crippen LogP contribution in [0, 0.1) is 13.8 Å². The van der Waals surface area contributed by atoms with Crippen LogP contribution < -0.4 is 31.6 Å². The minimum atomic E-state index is -0.702. The average Bonchev–Trinajstić information content (AvgIpc) is 4.04. The first-order chi connectivity index (χ1) is 31.2. The number of piperazine rings is 1. The standard InChI is InChI=1S/C44H52N14O7/c1-7-57-32(19-26(3)51-57)41(62)49-43-47-30-21-28(39(45)60)23-34(64-6)37(30)55(43)14-9-10-15-56-38-31(48-44(56)50-42(63)33-20-27(4)52-58(33)8-2)22-29(40(46)61)24-35(38)65-18-12-11-13-54-17-16-53(5)25-36(54)59/h9-12,19-24H,7-8,13-18,25H2,1-6H3,(H2,45,60)(H2,46,61)(H,47,49,62)(H,48,50,63)/b10-9+,12-11+. The molecule has 0 atom stereocenters. The number of likely N-dealkylation sites (N-methyl/N-ethyl adjacent to an activating group) is 1. The van der Waals surface area contributed by atoms with Gasteiger partial charge in [0.2, 0.25) is 29.6 Å². The zero-order valence-electron chi connectivity index (χ0n) is 37.1. The largest absolute Gasteiger partial charge is 0.494 e. The summed E-state index contributed by atoms with van der Waals surface area (Å²) in [5, 5.41) is 14.7. The molecule has 0 aliphatic carbocycles. The van der Waals surface area contributed by atoms with Crippen molar-refractivity contribution in [2.24, 2.45) is 11.5 Å². The number of nitrogens with zero attached hydrogens (tertiary/aromatic N) is 10. The van der Waals surface area contributed by atoms with Crippen molar-refractivity contribution in [1.82, 2.24) is 48.5 Å². The summed E-state index contributed by atoms with van der Waals surface area (Å²) in [7, 11) is 3.36. The molecule has 6 aromatic rings. The number of ether oxygens (including phenoxy) is 2. The fourth-order valence-corrected chi connectivity index (χ4v) is 7.61. The van der Waals surface area contributed by atoms with Crippen LogP contribution in [0.25, 0.3) is 22.1 Å². The van der Waals surface area contributed by atoms with Crippen molar-refractivity contribution in [3.63, 3.8) is 0 Å². The number of anilines is 2. The summed E-state index contributed by atoms with van der Waals surface area (Å²) >= 11 is 0. The predicted octanol–water partition coefficient (Wildman–Crippen LogP) is 3.11. The highest BCUT2D eigenvalue weighted by molar-refractivity contribution is 6.05. The quantitative estimate of drug-likeness (QED) is 0.0909. The lowest BCUT2D eigenvalue weighted by molar-refractivity contribution is -0.134. The fraction of sp³-hybridized carbons (Fsp3) is 0.341. The molecule has 21 heteroatoms. The lowest BCUT2D eigenvalue weighted by atomic mass is 10.1. The van der Waals surface area contributed by atoms with Crippen LogP contribution >= 0.6 is 0 Å². The maximum absolute atomic E-state index is 13.8. The second-order valence-electron chi connectivity index (χ2n) is 15.4. The minimum absolute atomic E-state index is 0.0395. The molecule has 1 aliphatic heterocycles. The average molecular weight is 889 g/mol. The van der Waals surface area contributed by atoms with Gasteiger partial charge in [0.05, 0.1) is 36.1 Å². The Balaban J connectivity index is 1.24. The van der Waals surface area contributed by atoms with E-state index in [-0.39, 0.29) is 54.4 Å². The predicted molar refractivity (Wildman–Crippen MR) is 242 cm³/mol. The van der Waals surface area contributed by atoms with Gasteiger partial charge in [-0.3, -0.25) is 48.9 Å². The van der Waals surface area contributed by atoms with Crippen molar-refractivity contribution < 1.29 is 33.4 Å². The number of benzene rings is 2. The molecule has 6 N–H and O–H groups in total. The number of hydrogen-bond donors (Lipinski definition) is 4. The van der Waals surface area contributed by atoms with Gasteiger partial charge >= 0.3 is 0 Å². The first-order valence-corrected chi connectivity index (χ1v) is 21.0. The summed E-state index contributed by atoms with van der Waals surface area (Å²) in [6, 6.07) is 9.44. The van der Waals surface area contributed by atoms with E-state index in [0.29, 0.717) is 83.3 Å². The minimum Gasteiger partial charge on any atom is -0.494 e. The molecular formula is C44H52N14O7. The first-order valence-electron chi connectivity index (χ1n) is 21.0. The van der Waals surface area contributed by atoms with Crippen molar-refractivity contribution >= 4 is 63.5 Å². The van der Waals surface area contributed by atoms with E-state index in [1.807, 2.05) is 44.0 Å². The third kappa shape index (κ3) is 9.74. The van der Waals surface area contributed by atoms with Gasteiger partial charge in [0, 0.05) is 56.9 Å². The molecule has 0 spiro atoms. The van der Waals surface area contributed by atoms with Crippen molar-refractivity contribution in [1.29, 1.82) is 0 Å². The summed E-state index contributed by atoms with van der Waals surface area (Å²) < 4.78 is 18.6. The van der Waals surface area contributed by atoms with Crippen LogP contribution in [-0.4, -0.2) is 125 Å². The third-order valence-corrected chi connectivity index (χ3v) is 10.8. The Labute approximate surface area is 373 Å². The Morgan fingerprint density at radius 3 is 1.68 bits per heavy atom. The lowest BCUT2D eigenvalue weighted by Crippen LogP contribution is -2.48. The van der Waals surface area contributed by atoms with Gasteiger partial charge in [-0.2, -0.15) is 10.2 Å². The Kier molecular flexibility index (Phi) is 13.4. The number of aromatic nitrogens is 8. The van der Waals surface area contributed by atoms with E-state index in [2.05, 4.69) is 20.8 Å². The molecule has 1 saturated heterocycles. The Morgan fingerprint density at radius 1 is 0.708 bits per heavy atom. The molecule has 65 heavy (non-hydrogen) atoms. The fourth-order valence-electron chi connectivity index (χ4n) is 7.61. The van der Waals surface area contributed by atoms with Crippen LogP contribution in [0.5, 0.6) is 11.5 Å².